The molecule has 2 N–H and O–H groups in total. The normalized spacial score (nSPS) is 10.6. The van der Waals surface area contributed by atoms with E-state index in [0.29, 0.717) is 30.6 Å². The monoisotopic (exact) mass is 515 g/mol. The van der Waals surface area contributed by atoms with Gasteiger partial charge in [-0.25, -0.2) is 0 Å². The summed E-state index contributed by atoms with van der Waals surface area (Å²) in [4.78, 5) is 4.59. The second kappa shape index (κ2) is 13.8. The fourth-order valence-electron chi connectivity index (χ4n) is 2.48. The molecule has 0 radical (unpaired) electrons. The van der Waals surface area contributed by atoms with Crippen LogP contribution < -0.4 is 29.6 Å². The number of guanidine groups is 1. The number of benzene rings is 2. The molecule has 0 aliphatic rings. The third-order valence-corrected chi connectivity index (χ3v) is 3.89. The van der Waals surface area contributed by atoms with Crippen molar-refractivity contribution in [2.75, 3.05) is 46.3 Å². The third-order valence-electron chi connectivity index (χ3n) is 3.89. The number of nitrogens with one attached hydrogen (secondary N) is 2. The summed E-state index contributed by atoms with van der Waals surface area (Å²) in [5.74, 6) is 3.69. The molecule has 0 aliphatic carbocycles. The minimum atomic E-state index is 0. The first-order valence-corrected chi connectivity index (χ1v) is 9.24. The lowest BCUT2D eigenvalue weighted by Crippen LogP contribution is -2.30. The van der Waals surface area contributed by atoms with Crippen molar-refractivity contribution < 1.29 is 18.9 Å². The fourth-order valence-corrected chi connectivity index (χ4v) is 2.48. The van der Waals surface area contributed by atoms with Crippen molar-refractivity contribution in [3.8, 4) is 23.0 Å². The number of nitrogens with zero attached hydrogens (tertiary/aromatic N) is 1. The van der Waals surface area contributed by atoms with E-state index in [4.69, 9.17) is 18.9 Å². The predicted octanol–water partition coefficient (Wildman–Crippen LogP) is 4.18. The summed E-state index contributed by atoms with van der Waals surface area (Å²) in [6.45, 7) is 4.02. The Balaban J connectivity index is 0.00000420. The lowest BCUT2D eigenvalue weighted by atomic mass is 10.3. The molecule has 160 valence electrons. The smallest absolute Gasteiger partial charge is 0.195 e. The van der Waals surface area contributed by atoms with Crippen LogP contribution in [0.25, 0.3) is 0 Å². The van der Waals surface area contributed by atoms with Crippen LogP contribution >= 0.6 is 24.0 Å². The molecule has 29 heavy (non-hydrogen) atoms. The molecule has 0 spiro atoms. The van der Waals surface area contributed by atoms with Crippen molar-refractivity contribution in [3.63, 3.8) is 0 Å². The molecular weight excluding hydrogens is 485 g/mol. The van der Waals surface area contributed by atoms with E-state index in [2.05, 4.69) is 15.6 Å². The van der Waals surface area contributed by atoms with Gasteiger partial charge in [0.2, 0.25) is 0 Å². The molecule has 0 fully saturated rings. The van der Waals surface area contributed by atoms with Gasteiger partial charge < -0.3 is 29.6 Å². The molecule has 2 rings (SSSR count). The van der Waals surface area contributed by atoms with Gasteiger partial charge in [0.25, 0.3) is 0 Å². The zero-order chi connectivity index (χ0) is 20.2. The van der Waals surface area contributed by atoms with Crippen molar-refractivity contribution in [3.05, 3.63) is 42.5 Å². The van der Waals surface area contributed by atoms with Crippen LogP contribution in [0, 0.1) is 0 Å². The Morgan fingerprint density at radius 2 is 1.59 bits per heavy atom. The zero-order valence-electron chi connectivity index (χ0n) is 17.4. The van der Waals surface area contributed by atoms with Crippen molar-refractivity contribution in [1.82, 2.24) is 5.32 Å². The molecular formula is C21H30IN3O4. The molecule has 0 aromatic heterocycles. The molecule has 0 atom stereocenters. The predicted molar refractivity (Wildman–Crippen MR) is 128 cm³/mol. The number of methoxy groups -OCH3 is 3. The van der Waals surface area contributed by atoms with Crippen LogP contribution in [0.15, 0.2) is 47.5 Å². The summed E-state index contributed by atoms with van der Waals surface area (Å²) in [5, 5.41) is 6.51. The molecule has 0 heterocycles. The Labute approximate surface area is 189 Å². The van der Waals surface area contributed by atoms with Crippen LogP contribution in [0.4, 0.5) is 5.69 Å². The molecule has 0 amide bonds. The number of hydrogen-bond acceptors (Lipinski definition) is 5. The van der Waals surface area contributed by atoms with Gasteiger partial charge in [-0.15, -0.1) is 24.0 Å². The molecule has 0 bridgehead atoms. The van der Waals surface area contributed by atoms with E-state index in [9.17, 15) is 0 Å². The molecule has 0 saturated carbocycles. The van der Waals surface area contributed by atoms with E-state index >= 15 is 0 Å². The Morgan fingerprint density at radius 3 is 2.21 bits per heavy atom. The molecule has 0 saturated heterocycles. The number of halogens is 1. The second-order valence-electron chi connectivity index (χ2n) is 5.83. The van der Waals surface area contributed by atoms with Gasteiger partial charge >= 0.3 is 0 Å². The van der Waals surface area contributed by atoms with Crippen LogP contribution in [0.2, 0.25) is 0 Å². The molecule has 2 aromatic carbocycles. The summed E-state index contributed by atoms with van der Waals surface area (Å²) in [5.41, 5.74) is 0.867. The summed E-state index contributed by atoms with van der Waals surface area (Å²) < 4.78 is 21.5. The standard InChI is InChI=1S/C21H29N3O4.HI/c1-5-22-21(24-16-7-12-19(26-3)20(15-16)27-4)23-13-6-14-28-18-10-8-17(25-2)9-11-18;/h7-12,15H,5-6,13-14H2,1-4H3,(H2,22,23,24);1H. The fraction of sp³-hybridized carbons (Fsp3) is 0.381. The van der Waals surface area contributed by atoms with E-state index in [1.165, 1.54) is 0 Å². The molecule has 8 heteroatoms. The first-order valence-electron chi connectivity index (χ1n) is 9.24. The first-order chi connectivity index (χ1) is 13.7. The Morgan fingerprint density at radius 1 is 0.897 bits per heavy atom. The van der Waals surface area contributed by atoms with Gasteiger partial charge in [0.1, 0.15) is 11.5 Å². The number of rotatable bonds is 10. The van der Waals surface area contributed by atoms with Crippen LogP contribution in [-0.2, 0) is 0 Å². The van der Waals surface area contributed by atoms with Crippen LogP contribution in [0.3, 0.4) is 0 Å². The minimum Gasteiger partial charge on any atom is -0.497 e. The van der Waals surface area contributed by atoms with Crippen LogP contribution in [-0.4, -0.2) is 47.0 Å². The van der Waals surface area contributed by atoms with E-state index < -0.39 is 0 Å². The second-order valence-corrected chi connectivity index (χ2v) is 5.83. The van der Waals surface area contributed by atoms with E-state index in [-0.39, 0.29) is 24.0 Å². The first kappa shape index (κ1) is 24.7. The maximum absolute atomic E-state index is 5.73. The summed E-state index contributed by atoms with van der Waals surface area (Å²) in [7, 11) is 4.88. The van der Waals surface area contributed by atoms with Gasteiger partial charge in [-0.2, -0.15) is 0 Å². The Hall–Kier alpha value is -2.36. The highest BCUT2D eigenvalue weighted by Gasteiger charge is 2.06. The molecule has 0 unspecified atom stereocenters. The van der Waals surface area contributed by atoms with Crippen molar-refractivity contribution in [2.24, 2.45) is 4.99 Å². The number of hydrogen-bond donors (Lipinski definition) is 2. The quantitative estimate of drug-likeness (QED) is 0.214. The summed E-state index contributed by atoms with van der Waals surface area (Å²) in [6, 6.07) is 13.2. The van der Waals surface area contributed by atoms with Gasteiger partial charge in [0.05, 0.1) is 27.9 Å². The number of anilines is 1. The van der Waals surface area contributed by atoms with E-state index in [1.54, 1.807) is 21.3 Å². The lowest BCUT2D eigenvalue weighted by molar-refractivity contribution is 0.312. The highest BCUT2D eigenvalue weighted by molar-refractivity contribution is 14.0. The maximum Gasteiger partial charge on any atom is 0.195 e. The largest absolute Gasteiger partial charge is 0.497 e. The zero-order valence-corrected chi connectivity index (χ0v) is 19.7. The van der Waals surface area contributed by atoms with Gasteiger partial charge in [0, 0.05) is 31.3 Å². The molecule has 0 aliphatic heterocycles. The van der Waals surface area contributed by atoms with Gasteiger partial charge in [0.15, 0.2) is 17.5 Å². The molecule has 2 aromatic rings. The van der Waals surface area contributed by atoms with Crippen molar-refractivity contribution in [1.29, 1.82) is 0 Å². The van der Waals surface area contributed by atoms with Crippen molar-refractivity contribution >= 4 is 35.6 Å². The Bertz CT molecular complexity index is 754. The van der Waals surface area contributed by atoms with Gasteiger partial charge in [-0.05, 0) is 43.3 Å². The highest BCUT2D eigenvalue weighted by Crippen LogP contribution is 2.29. The topological polar surface area (TPSA) is 73.3 Å². The van der Waals surface area contributed by atoms with E-state index in [0.717, 1.165) is 30.2 Å². The van der Waals surface area contributed by atoms with Crippen LogP contribution in [0.5, 0.6) is 23.0 Å². The SMILES string of the molecule is CCNC(=NCCCOc1ccc(OC)cc1)Nc1ccc(OC)c(OC)c1.I. The minimum absolute atomic E-state index is 0. The average molecular weight is 515 g/mol. The maximum atomic E-state index is 5.73. The highest BCUT2D eigenvalue weighted by atomic mass is 127. The van der Waals surface area contributed by atoms with Gasteiger partial charge in [-0.1, -0.05) is 0 Å². The Kier molecular flexibility index (Phi) is 11.7. The summed E-state index contributed by atoms with van der Waals surface area (Å²) in [6.07, 6.45) is 0.800. The van der Waals surface area contributed by atoms with Crippen LogP contribution in [0.1, 0.15) is 13.3 Å². The van der Waals surface area contributed by atoms with Crippen molar-refractivity contribution in [2.45, 2.75) is 13.3 Å². The number of ether oxygens (including phenoxy) is 4. The van der Waals surface area contributed by atoms with Gasteiger partial charge in [-0.3, -0.25) is 4.99 Å². The number of aliphatic imine (C=N–C) groups is 1. The third kappa shape index (κ3) is 8.26. The average Bonchev–Trinajstić information content (AvgIpc) is 2.73. The lowest BCUT2D eigenvalue weighted by Gasteiger charge is -2.14. The molecule has 7 nitrogen and oxygen atoms in total. The summed E-state index contributed by atoms with van der Waals surface area (Å²) >= 11 is 0. The van der Waals surface area contributed by atoms with E-state index in [1.807, 2.05) is 49.4 Å².